The lowest BCUT2D eigenvalue weighted by atomic mass is 10.2. The molecule has 0 spiro atoms. The monoisotopic (exact) mass is 282 g/mol. The zero-order valence-corrected chi connectivity index (χ0v) is 11.7. The van der Waals surface area contributed by atoms with Gasteiger partial charge in [0.25, 0.3) is 0 Å². The van der Waals surface area contributed by atoms with Crippen LogP contribution in [-0.2, 0) is 14.8 Å². The van der Waals surface area contributed by atoms with E-state index in [-0.39, 0.29) is 18.0 Å². The van der Waals surface area contributed by atoms with E-state index in [1.165, 1.54) is 12.1 Å². The van der Waals surface area contributed by atoms with E-state index in [0.717, 1.165) is 0 Å². The summed E-state index contributed by atoms with van der Waals surface area (Å²) in [6.07, 6.45) is 0. The van der Waals surface area contributed by atoms with Gasteiger partial charge < -0.3 is 10.5 Å². The fourth-order valence-corrected chi connectivity index (χ4v) is 2.43. The first-order valence-electron chi connectivity index (χ1n) is 5.96. The Labute approximate surface area is 114 Å². The molecule has 0 aliphatic carbocycles. The highest BCUT2D eigenvalue weighted by Gasteiger charge is 2.13. The van der Waals surface area contributed by atoms with E-state index in [1.54, 1.807) is 12.1 Å². The van der Waals surface area contributed by atoms with Crippen LogP contribution in [0.4, 0.5) is 0 Å². The number of nitrogens with two attached hydrogens (primary N) is 1. The van der Waals surface area contributed by atoms with Crippen LogP contribution in [0.3, 0.4) is 0 Å². The standard InChI is InChI=1S/C13H18N2O3S/c1-2-18-10-9-15-19(16,17)13-7-3-5-12(11-13)6-4-8-14/h3,5,7,11,15H,2,8-10,14H2,1H3. The largest absolute Gasteiger partial charge is 0.380 e. The van der Waals surface area contributed by atoms with E-state index >= 15 is 0 Å². The maximum absolute atomic E-state index is 12.0. The van der Waals surface area contributed by atoms with Gasteiger partial charge in [0.05, 0.1) is 18.0 Å². The van der Waals surface area contributed by atoms with Crippen LogP contribution in [0.5, 0.6) is 0 Å². The molecule has 0 unspecified atom stereocenters. The molecule has 0 amide bonds. The van der Waals surface area contributed by atoms with Gasteiger partial charge >= 0.3 is 0 Å². The fraction of sp³-hybridized carbons (Fsp3) is 0.385. The molecule has 104 valence electrons. The van der Waals surface area contributed by atoms with Crippen LogP contribution >= 0.6 is 0 Å². The second-order valence-corrected chi connectivity index (χ2v) is 5.40. The van der Waals surface area contributed by atoms with Gasteiger partial charge in [-0.1, -0.05) is 17.9 Å². The van der Waals surface area contributed by atoms with Gasteiger partial charge in [-0.05, 0) is 25.1 Å². The minimum atomic E-state index is -3.52. The number of hydrogen-bond donors (Lipinski definition) is 2. The second kappa shape index (κ2) is 7.92. The highest BCUT2D eigenvalue weighted by Crippen LogP contribution is 2.10. The third-order valence-corrected chi connectivity index (χ3v) is 3.68. The van der Waals surface area contributed by atoms with Crippen LogP contribution in [-0.4, -0.2) is 34.7 Å². The Bertz CT molecular complexity index is 559. The number of ether oxygens (including phenoxy) is 1. The molecule has 19 heavy (non-hydrogen) atoms. The highest BCUT2D eigenvalue weighted by molar-refractivity contribution is 7.89. The Hall–Kier alpha value is -1.39. The molecule has 0 bridgehead atoms. The van der Waals surface area contributed by atoms with Crippen molar-refractivity contribution in [3.8, 4) is 11.8 Å². The third kappa shape index (κ3) is 5.41. The molecule has 0 aromatic heterocycles. The summed E-state index contributed by atoms with van der Waals surface area (Å²) in [5.74, 6) is 5.49. The molecule has 1 aromatic rings. The smallest absolute Gasteiger partial charge is 0.240 e. The Morgan fingerprint density at radius 3 is 2.89 bits per heavy atom. The average molecular weight is 282 g/mol. The molecule has 6 heteroatoms. The zero-order chi connectivity index (χ0) is 14.1. The first-order valence-corrected chi connectivity index (χ1v) is 7.45. The van der Waals surface area contributed by atoms with Crippen molar-refractivity contribution in [2.45, 2.75) is 11.8 Å². The van der Waals surface area contributed by atoms with Crippen LogP contribution < -0.4 is 10.5 Å². The van der Waals surface area contributed by atoms with Gasteiger partial charge in [0, 0.05) is 18.7 Å². The summed E-state index contributed by atoms with van der Waals surface area (Å²) in [5, 5.41) is 0. The van der Waals surface area contributed by atoms with Crippen molar-refractivity contribution in [3.05, 3.63) is 29.8 Å². The Morgan fingerprint density at radius 2 is 2.21 bits per heavy atom. The van der Waals surface area contributed by atoms with Gasteiger partial charge in [-0.2, -0.15) is 0 Å². The maximum atomic E-state index is 12.0. The molecule has 0 aliphatic rings. The van der Waals surface area contributed by atoms with E-state index in [4.69, 9.17) is 10.5 Å². The van der Waals surface area contributed by atoms with Crippen LogP contribution in [0.15, 0.2) is 29.2 Å². The Balaban J connectivity index is 2.77. The predicted molar refractivity (Wildman–Crippen MR) is 74.1 cm³/mol. The molecule has 0 saturated heterocycles. The van der Waals surface area contributed by atoms with Gasteiger partial charge in [0.15, 0.2) is 0 Å². The van der Waals surface area contributed by atoms with Gasteiger partial charge in [-0.25, -0.2) is 13.1 Å². The fourth-order valence-electron chi connectivity index (χ4n) is 1.37. The number of rotatable bonds is 6. The summed E-state index contributed by atoms with van der Waals surface area (Å²) in [6.45, 7) is 3.25. The van der Waals surface area contributed by atoms with E-state index in [2.05, 4.69) is 16.6 Å². The number of hydrogen-bond acceptors (Lipinski definition) is 4. The van der Waals surface area contributed by atoms with Crippen molar-refractivity contribution in [1.82, 2.24) is 4.72 Å². The van der Waals surface area contributed by atoms with Gasteiger partial charge in [-0.15, -0.1) is 0 Å². The van der Waals surface area contributed by atoms with Crippen molar-refractivity contribution in [1.29, 1.82) is 0 Å². The van der Waals surface area contributed by atoms with Crippen LogP contribution in [0.25, 0.3) is 0 Å². The topological polar surface area (TPSA) is 81.4 Å². The SMILES string of the molecule is CCOCCNS(=O)(=O)c1cccc(C#CCN)c1. The van der Waals surface area contributed by atoms with Crippen molar-refractivity contribution < 1.29 is 13.2 Å². The summed E-state index contributed by atoms with van der Waals surface area (Å²) in [5.41, 5.74) is 5.90. The van der Waals surface area contributed by atoms with Crippen LogP contribution in [0.2, 0.25) is 0 Å². The van der Waals surface area contributed by atoms with Gasteiger partial charge in [0.2, 0.25) is 10.0 Å². The summed E-state index contributed by atoms with van der Waals surface area (Å²) in [7, 11) is -3.52. The minimum absolute atomic E-state index is 0.188. The molecule has 1 rings (SSSR count). The Kier molecular flexibility index (Phi) is 6.53. The first kappa shape index (κ1) is 15.7. The van der Waals surface area contributed by atoms with Crippen molar-refractivity contribution in [2.24, 2.45) is 5.73 Å². The molecule has 0 atom stereocenters. The van der Waals surface area contributed by atoms with E-state index in [9.17, 15) is 8.42 Å². The molecule has 1 aromatic carbocycles. The van der Waals surface area contributed by atoms with Gasteiger partial charge in [0.1, 0.15) is 0 Å². The average Bonchev–Trinajstić information content (AvgIpc) is 2.42. The summed E-state index contributed by atoms with van der Waals surface area (Å²) >= 11 is 0. The van der Waals surface area contributed by atoms with E-state index in [0.29, 0.717) is 18.8 Å². The maximum Gasteiger partial charge on any atom is 0.240 e. The number of benzene rings is 1. The molecule has 0 saturated carbocycles. The zero-order valence-electron chi connectivity index (χ0n) is 10.8. The molecule has 3 N–H and O–H groups in total. The highest BCUT2D eigenvalue weighted by atomic mass is 32.2. The van der Waals surface area contributed by atoms with Crippen molar-refractivity contribution >= 4 is 10.0 Å². The molecule has 0 fully saturated rings. The van der Waals surface area contributed by atoms with Gasteiger partial charge in [-0.3, -0.25) is 0 Å². The van der Waals surface area contributed by atoms with E-state index in [1.807, 2.05) is 6.92 Å². The Morgan fingerprint density at radius 1 is 1.42 bits per heavy atom. The quantitative estimate of drug-likeness (QED) is 0.581. The third-order valence-electron chi connectivity index (χ3n) is 2.22. The van der Waals surface area contributed by atoms with Crippen molar-refractivity contribution in [3.63, 3.8) is 0 Å². The summed E-state index contributed by atoms with van der Waals surface area (Å²) in [4.78, 5) is 0.188. The lowest BCUT2D eigenvalue weighted by Gasteiger charge is -2.07. The molecule has 0 heterocycles. The molecular weight excluding hydrogens is 264 g/mol. The lowest BCUT2D eigenvalue weighted by molar-refractivity contribution is 0.153. The lowest BCUT2D eigenvalue weighted by Crippen LogP contribution is -2.27. The molecule has 5 nitrogen and oxygen atoms in total. The minimum Gasteiger partial charge on any atom is -0.380 e. The summed E-state index contributed by atoms with van der Waals surface area (Å²) in [6, 6.07) is 6.43. The first-order chi connectivity index (χ1) is 9.10. The molecule has 0 radical (unpaired) electrons. The molecular formula is C13H18N2O3S. The predicted octanol–water partition coefficient (Wildman–Crippen LogP) is 0.312. The normalized spacial score (nSPS) is 10.8. The summed E-state index contributed by atoms with van der Waals surface area (Å²) < 4.78 is 31.5. The second-order valence-electron chi connectivity index (χ2n) is 3.63. The number of sulfonamides is 1. The number of nitrogens with one attached hydrogen (secondary N) is 1. The van der Waals surface area contributed by atoms with Crippen molar-refractivity contribution in [2.75, 3.05) is 26.3 Å². The van der Waals surface area contributed by atoms with Crippen LogP contribution in [0, 0.1) is 11.8 Å². The van der Waals surface area contributed by atoms with E-state index < -0.39 is 10.0 Å². The molecule has 0 aliphatic heterocycles. The van der Waals surface area contributed by atoms with Crippen LogP contribution in [0.1, 0.15) is 12.5 Å².